The standard InChI is InChI=1S/C24H33FN4O3.C2H2O4/c1-3-11-27-17(2)26-23(30)29(24(27)31)13-6-12-28-19-9-10-20(28)15-21(14-19)32-16-18-7-4-5-8-22(18)25;3-1(4)2(5)6/h4-5,7-8,19-21H,3,6,9-16H2,1-2H3;(H,3,4)(H,5,6). The SMILES string of the molecule is CCCn1c(C)nc(=O)n(CCCN2C3CCC2CC(OCc2ccccc2F)C3)c1=O.O=C(O)C(=O)O. The van der Waals surface area contributed by atoms with Crippen LogP contribution in [0.2, 0.25) is 0 Å². The Hall–Kier alpha value is -3.38. The molecule has 2 saturated heterocycles. The van der Waals surface area contributed by atoms with E-state index in [9.17, 15) is 14.0 Å². The topological polar surface area (TPSA) is 144 Å². The Morgan fingerprint density at radius 1 is 1.03 bits per heavy atom. The van der Waals surface area contributed by atoms with Gasteiger partial charge in [0, 0.05) is 37.3 Å². The molecule has 0 radical (unpaired) electrons. The van der Waals surface area contributed by atoms with E-state index in [0.717, 1.165) is 45.1 Å². The Morgan fingerprint density at radius 3 is 2.24 bits per heavy atom. The van der Waals surface area contributed by atoms with Crippen LogP contribution < -0.4 is 11.4 Å². The molecular formula is C26H35FN4O7. The second kappa shape index (κ2) is 13.4. The van der Waals surface area contributed by atoms with Gasteiger partial charge in [-0.05, 0) is 51.5 Å². The molecule has 12 heteroatoms. The highest BCUT2D eigenvalue weighted by Gasteiger charge is 2.40. The Bertz CT molecular complexity index is 1220. The van der Waals surface area contributed by atoms with E-state index in [4.69, 9.17) is 24.5 Å². The molecule has 2 aliphatic rings. The zero-order valence-electron chi connectivity index (χ0n) is 21.7. The van der Waals surface area contributed by atoms with Gasteiger partial charge < -0.3 is 14.9 Å². The second-order valence-corrected chi connectivity index (χ2v) is 9.61. The van der Waals surface area contributed by atoms with E-state index >= 15 is 0 Å². The van der Waals surface area contributed by atoms with Crippen LogP contribution in [0.4, 0.5) is 4.39 Å². The number of aliphatic carboxylic acids is 2. The van der Waals surface area contributed by atoms with Gasteiger partial charge in [-0.2, -0.15) is 4.98 Å². The minimum absolute atomic E-state index is 0.147. The third kappa shape index (κ3) is 7.35. The number of hydrogen-bond donors (Lipinski definition) is 2. The first-order chi connectivity index (χ1) is 18.1. The fourth-order valence-electron chi connectivity index (χ4n) is 5.26. The summed E-state index contributed by atoms with van der Waals surface area (Å²) in [7, 11) is 0. The molecule has 0 saturated carbocycles. The molecule has 2 atom stereocenters. The van der Waals surface area contributed by atoms with E-state index in [1.807, 2.05) is 13.0 Å². The largest absolute Gasteiger partial charge is 0.473 e. The smallest absolute Gasteiger partial charge is 0.414 e. The highest BCUT2D eigenvalue weighted by atomic mass is 19.1. The number of fused-ring (bicyclic) bond motifs is 2. The average Bonchev–Trinajstić information content (AvgIpc) is 3.10. The Balaban J connectivity index is 0.000000599. The summed E-state index contributed by atoms with van der Waals surface area (Å²) in [4.78, 5) is 49.7. The van der Waals surface area contributed by atoms with Gasteiger partial charge in [-0.1, -0.05) is 25.1 Å². The summed E-state index contributed by atoms with van der Waals surface area (Å²) in [6.45, 7) is 5.83. The minimum Gasteiger partial charge on any atom is -0.473 e. The fraction of sp³-hybridized carbons (Fsp3) is 0.577. The molecule has 0 amide bonds. The number of hydrogen-bond acceptors (Lipinski definition) is 7. The highest BCUT2D eigenvalue weighted by molar-refractivity contribution is 6.27. The Labute approximate surface area is 219 Å². The van der Waals surface area contributed by atoms with Crippen molar-refractivity contribution in [1.82, 2.24) is 19.0 Å². The van der Waals surface area contributed by atoms with Crippen molar-refractivity contribution >= 4 is 11.9 Å². The van der Waals surface area contributed by atoms with Crippen LogP contribution in [0.15, 0.2) is 33.9 Å². The third-order valence-corrected chi connectivity index (χ3v) is 7.04. The molecule has 1 aromatic carbocycles. The lowest BCUT2D eigenvalue weighted by molar-refractivity contribution is -0.159. The van der Waals surface area contributed by atoms with Crippen LogP contribution in [0.3, 0.4) is 0 Å². The lowest BCUT2D eigenvalue weighted by Gasteiger charge is -2.39. The lowest BCUT2D eigenvalue weighted by Crippen LogP contribution is -2.47. The molecule has 4 rings (SSSR count). The molecule has 2 bridgehead atoms. The van der Waals surface area contributed by atoms with Crippen LogP contribution in [0.25, 0.3) is 0 Å². The van der Waals surface area contributed by atoms with Gasteiger partial charge >= 0.3 is 23.3 Å². The van der Waals surface area contributed by atoms with Gasteiger partial charge in [0.1, 0.15) is 11.6 Å². The van der Waals surface area contributed by atoms with Crippen LogP contribution in [0, 0.1) is 12.7 Å². The van der Waals surface area contributed by atoms with Gasteiger partial charge in [0.05, 0.1) is 12.7 Å². The normalized spacial score (nSPS) is 20.6. The molecule has 2 fully saturated rings. The number of ether oxygens (including phenoxy) is 1. The molecule has 1 aromatic heterocycles. The number of carboxylic acid groups (broad SMARTS) is 2. The maximum Gasteiger partial charge on any atom is 0.414 e. The van der Waals surface area contributed by atoms with Crippen molar-refractivity contribution in [2.24, 2.45) is 0 Å². The number of halogens is 1. The van der Waals surface area contributed by atoms with Gasteiger partial charge in [0.25, 0.3) is 0 Å². The summed E-state index contributed by atoms with van der Waals surface area (Å²) in [6, 6.07) is 7.66. The molecule has 0 aliphatic carbocycles. The molecular weight excluding hydrogens is 499 g/mol. The van der Waals surface area contributed by atoms with Crippen LogP contribution in [-0.4, -0.2) is 65.9 Å². The summed E-state index contributed by atoms with van der Waals surface area (Å²) in [5.41, 5.74) is -0.108. The predicted molar refractivity (Wildman–Crippen MR) is 135 cm³/mol. The van der Waals surface area contributed by atoms with Gasteiger partial charge in [-0.3, -0.25) is 9.47 Å². The monoisotopic (exact) mass is 534 g/mol. The van der Waals surface area contributed by atoms with Crippen molar-refractivity contribution in [3.05, 3.63) is 62.4 Å². The molecule has 208 valence electrons. The number of benzene rings is 1. The Kier molecular flexibility index (Phi) is 10.3. The maximum absolute atomic E-state index is 13.9. The van der Waals surface area contributed by atoms with Crippen molar-refractivity contribution in [1.29, 1.82) is 0 Å². The number of aromatic nitrogens is 3. The first-order valence-corrected chi connectivity index (χ1v) is 12.9. The zero-order valence-corrected chi connectivity index (χ0v) is 21.7. The Morgan fingerprint density at radius 2 is 1.66 bits per heavy atom. The van der Waals surface area contributed by atoms with E-state index in [2.05, 4.69) is 9.88 Å². The third-order valence-electron chi connectivity index (χ3n) is 7.04. The summed E-state index contributed by atoms with van der Waals surface area (Å²) in [6.07, 6.45) is 5.87. The summed E-state index contributed by atoms with van der Waals surface area (Å²) < 4.78 is 22.8. The van der Waals surface area contributed by atoms with E-state index in [1.165, 1.54) is 10.6 Å². The van der Waals surface area contributed by atoms with E-state index in [1.54, 1.807) is 23.6 Å². The van der Waals surface area contributed by atoms with Crippen molar-refractivity contribution in [3.63, 3.8) is 0 Å². The number of rotatable bonds is 9. The quantitative estimate of drug-likeness (QED) is 0.462. The van der Waals surface area contributed by atoms with Gasteiger partial charge in [0.15, 0.2) is 0 Å². The van der Waals surface area contributed by atoms with Crippen LogP contribution in [0.1, 0.15) is 56.8 Å². The van der Waals surface area contributed by atoms with Crippen molar-refractivity contribution in [2.75, 3.05) is 6.54 Å². The number of piperidine rings is 1. The van der Waals surface area contributed by atoms with Gasteiger partial charge in [-0.15, -0.1) is 0 Å². The van der Waals surface area contributed by atoms with Gasteiger partial charge in [0.2, 0.25) is 0 Å². The summed E-state index contributed by atoms with van der Waals surface area (Å²) in [5, 5.41) is 14.8. The molecule has 2 N–H and O–H groups in total. The maximum atomic E-state index is 13.9. The second-order valence-electron chi connectivity index (χ2n) is 9.61. The molecule has 2 aromatic rings. The lowest BCUT2D eigenvalue weighted by atomic mass is 9.99. The van der Waals surface area contributed by atoms with Crippen LogP contribution in [-0.2, 0) is 34.0 Å². The number of carbonyl (C=O) groups is 2. The molecule has 3 heterocycles. The number of carboxylic acids is 2. The molecule has 0 spiro atoms. The fourth-order valence-corrected chi connectivity index (χ4v) is 5.26. The number of nitrogens with zero attached hydrogens (tertiary/aromatic N) is 4. The van der Waals surface area contributed by atoms with E-state index in [-0.39, 0.29) is 17.6 Å². The van der Waals surface area contributed by atoms with E-state index in [0.29, 0.717) is 43.2 Å². The van der Waals surface area contributed by atoms with Crippen molar-refractivity contribution in [2.45, 2.75) is 90.3 Å². The van der Waals surface area contributed by atoms with Gasteiger partial charge in [-0.25, -0.2) is 28.1 Å². The molecule has 11 nitrogen and oxygen atoms in total. The first-order valence-electron chi connectivity index (χ1n) is 12.9. The molecule has 2 aliphatic heterocycles. The zero-order chi connectivity index (χ0) is 27.8. The average molecular weight is 535 g/mol. The number of aryl methyl sites for hydroxylation is 1. The van der Waals surface area contributed by atoms with Crippen molar-refractivity contribution < 1.29 is 28.9 Å². The molecule has 38 heavy (non-hydrogen) atoms. The van der Waals surface area contributed by atoms with Crippen LogP contribution in [0.5, 0.6) is 0 Å². The molecule has 2 unspecified atom stereocenters. The van der Waals surface area contributed by atoms with Crippen molar-refractivity contribution in [3.8, 4) is 0 Å². The summed E-state index contributed by atoms with van der Waals surface area (Å²) in [5.74, 6) is -3.38. The minimum atomic E-state index is -1.82. The predicted octanol–water partition coefficient (Wildman–Crippen LogP) is 2.02. The highest BCUT2D eigenvalue weighted by Crippen LogP contribution is 2.37. The summed E-state index contributed by atoms with van der Waals surface area (Å²) >= 11 is 0. The first kappa shape index (κ1) is 29.2. The van der Waals surface area contributed by atoms with Crippen LogP contribution >= 0.6 is 0 Å². The van der Waals surface area contributed by atoms with E-state index < -0.39 is 17.6 Å².